The van der Waals surface area contributed by atoms with Crippen LogP contribution in [0.15, 0.2) is 12.7 Å². The minimum atomic E-state index is 0.163. The Morgan fingerprint density at radius 1 is 1.47 bits per heavy atom. The fraction of sp³-hybridized carbons (Fsp3) is 0.833. The molecule has 1 fully saturated rings. The van der Waals surface area contributed by atoms with Crippen molar-refractivity contribution >= 4 is 0 Å². The van der Waals surface area contributed by atoms with Gasteiger partial charge in [0.05, 0.1) is 13.2 Å². The molecule has 1 aliphatic heterocycles. The van der Waals surface area contributed by atoms with Crippen molar-refractivity contribution in [1.82, 2.24) is 4.90 Å². The van der Waals surface area contributed by atoms with Crippen LogP contribution in [0.4, 0.5) is 0 Å². The molecule has 2 atom stereocenters. The zero-order valence-electron chi connectivity index (χ0n) is 10.2. The standard InChI is InChI=1S/C12H24N2O/c1-5-6-14(12(2,3)4)7-10-8-15-9-11(10)13/h5,10-11H,1,6-9,13H2,2-4H3. The first-order valence-corrected chi connectivity index (χ1v) is 5.64. The molecule has 2 unspecified atom stereocenters. The number of nitrogens with zero attached hydrogens (tertiary/aromatic N) is 1. The van der Waals surface area contributed by atoms with Gasteiger partial charge in [-0.15, -0.1) is 6.58 Å². The summed E-state index contributed by atoms with van der Waals surface area (Å²) < 4.78 is 5.38. The summed E-state index contributed by atoms with van der Waals surface area (Å²) in [4.78, 5) is 2.40. The minimum absolute atomic E-state index is 0.163. The summed E-state index contributed by atoms with van der Waals surface area (Å²) in [7, 11) is 0. The van der Waals surface area contributed by atoms with E-state index < -0.39 is 0 Å². The Labute approximate surface area is 93.3 Å². The lowest BCUT2D eigenvalue weighted by molar-refractivity contribution is 0.116. The van der Waals surface area contributed by atoms with E-state index in [0.717, 1.165) is 19.7 Å². The molecule has 3 nitrogen and oxygen atoms in total. The molecule has 3 heteroatoms. The van der Waals surface area contributed by atoms with Gasteiger partial charge in [0.25, 0.3) is 0 Å². The molecule has 1 heterocycles. The van der Waals surface area contributed by atoms with Gasteiger partial charge in [0.2, 0.25) is 0 Å². The van der Waals surface area contributed by atoms with E-state index in [1.165, 1.54) is 0 Å². The average Bonchev–Trinajstić information content (AvgIpc) is 2.49. The van der Waals surface area contributed by atoms with Gasteiger partial charge in [0.1, 0.15) is 0 Å². The summed E-state index contributed by atoms with van der Waals surface area (Å²) in [6.45, 7) is 13.9. The second kappa shape index (κ2) is 5.10. The SMILES string of the molecule is C=CCN(CC1COCC1N)C(C)(C)C. The summed E-state index contributed by atoms with van der Waals surface area (Å²) in [6, 6.07) is 0.194. The Morgan fingerprint density at radius 3 is 2.53 bits per heavy atom. The molecule has 0 bridgehead atoms. The zero-order valence-corrected chi connectivity index (χ0v) is 10.2. The maximum absolute atomic E-state index is 5.99. The average molecular weight is 212 g/mol. The summed E-state index contributed by atoms with van der Waals surface area (Å²) in [6.07, 6.45) is 1.95. The van der Waals surface area contributed by atoms with Gasteiger partial charge in [0, 0.05) is 30.6 Å². The van der Waals surface area contributed by atoms with Gasteiger partial charge < -0.3 is 10.5 Å². The molecule has 88 valence electrons. The van der Waals surface area contributed by atoms with Crippen molar-refractivity contribution in [2.24, 2.45) is 11.7 Å². The predicted octanol–water partition coefficient (Wildman–Crippen LogP) is 1.25. The highest BCUT2D eigenvalue weighted by Crippen LogP contribution is 2.19. The number of rotatable bonds is 4. The second-order valence-electron chi connectivity index (χ2n) is 5.33. The van der Waals surface area contributed by atoms with E-state index in [2.05, 4.69) is 32.3 Å². The Kier molecular flexibility index (Phi) is 4.32. The maximum atomic E-state index is 5.99. The van der Waals surface area contributed by atoms with Gasteiger partial charge in [0.15, 0.2) is 0 Å². The molecular weight excluding hydrogens is 188 g/mol. The highest BCUT2D eigenvalue weighted by Gasteiger charge is 2.30. The van der Waals surface area contributed by atoms with Crippen LogP contribution < -0.4 is 5.73 Å². The van der Waals surface area contributed by atoms with Gasteiger partial charge in [-0.05, 0) is 20.8 Å². The van der Waals surface area contributed by atoms with Crippen molar-refractivity contribution in [3.8, 4) is 0 Å². The monoisotopic (exact) mass is 212 g/mol. The highest BCUT2D eigenvalue weighted by atomic mass is 16.5. The summed E-state index contributed by atoms with van der Waals surface area (Å²) >= 11 is 0. The molecule has 1 aliphatic rings. The fourth-order valence-corrected chi connectivity index (χ4v) is 1.86. The maximum Gasteiger partial charge on any atom is 0.0621 e. The molecular formula is C12H24N2O. The lowest BCUT2D eigenvalue weighted by atomic mass is 9.99. The normalized spacial score (nSPS) is 27.3. The van der Waals surface area contributed by atoms with Crippen molar-refractivity contribution < 1.29 is 4.74 Å². The number of nitrogens with two attached hydrogens (primary N) is 1. The Balaban J connectivity index is 2.54. The summed E-state index contributed by atoms with van der Waals surface area (Å²) in [5, 5.41) is 0. The molecule has 2 N–H and O–H groups in total. The molecule has 0 radical (unpaired) electrons. The molecule has 0 aromatic rings. The molecule has 0 aromatic heterocycles. The summed E-state index contributed by atoms with van der Waals surface area (Å²) in [5.74, 6) is 0.462. The van der Waals surface area contributed by atoms with E-state index in [0.29, 0.717) is 12.5 Å². The molecule has 0 amide bonds. The van der Waals surface area contributed by atoms with Crippen molar-refractivity contribution in [3.05, 3.63) is 12.7 Å². The van der Waals surface area contributed by atoms with Gasteiger partial charge >= 0.3 is 0 Å². The molecule has 1 saturated heterocycles. The molecule has 15 heavy (non-hydrogen) atoms. The number of hydrogen-bond donors (Lipinski definition) is 1. The zero-order chi connectivity index (χ0) is 11.5. The third-order valence-electron chi connectivity index (χ3n) is 3.00. The van der Waals surface area contributed by atoms with E-state index in [9.17, 15) is 0 Å². The fourth-order valence-electron chi connectivity index (χ4n) is 1.86. The van der Waals surface area contributed by atoms with Gasteiger partial charge in [-0.2, -0.15) is 0 Å². The van der Waals surface area contributed by atoms with Crippen molar-refractivity contribution in [2.45, 2.75) is 32.4 Å². The first-order valence-electron chi connectivity index (χ1n) is 5.64. The topological polar surface area (TPSA) is 38.5 Å². The molecule has 0 saturated carbocycles. The van der Waals surface area contributed by atoms with Crippen LogP contribution >= 0.6 is 0 Å². The lowest BCUT2D eigenvalue weighted by Gasteiger charge is -2.37. The van der Waals surface area contributed by atoms with Gasteiger partial charge in [-0.3, -0.25) is 4.90 Å². The Bertz CT molecular complexity index is 210. The van der Waals surface area contributed by atoms with Crippen LogP contribution in [0.2, 0.25) is 0 Å². The van der Waals surface area contributed by atoms with Crippen LogP contribution in [-0.2, 0) is 4.74 Å². The van der Waals surface area contributed by atoms with Crippen LogP contribution in [0.1, 0.15) is 20.8 Å². The minimum Gasteiger partial charge on any atom is -0.379 e. The third-order valence-corrected chi connectivity index (χ3v) is 3.00. The largest absolute Gasteiger partial charge is 0.379 e. The first-order chi connectivity index (χ1) is 6.95. The van der Waals surface area contributed by atoms with Crippen LogP contribution in [-0.4, -0.2) is 42.8 Å². The molecule has 0 spiro atoms. The lowest BCUT2D eigenvalue weighted by Crippen LogP contribution is -2.47. The van der Waals surface area contributed by atoms with E-state index in [1.807, 2.05) is 6.08 Å². The molecule has 0 aromatic carbocycles. The predicted molar refractivity (Wildman–Crippen MR) is 63.8 cm³/mol. The molecule has 1 rings (SSSR count). The van der Waals surface area contributed by atoms with E-state index in [4.69, 9.17) is 10.5 Å². The van der Waals surface area contributed by atoms with Crippen LogP contribution in [0, 0.1) is 5.92 Å². The second-order valence-corrected chi connectivity index (χ2v) is 5.33. The van der Waals surface area contributed by atoms with Crippen LogP contribution in [0.3, 0.4) is 0 Å². The van der Waals surface area contributed by atoms with E-state index in [1.54, 1.807) is 0 Å². The van der Waals surface area contributed by atoms with Gasteiger partial charge in [-0.1, -0.05) is 6.08 Å². The molecule has 0 aliphatic carbocycles. The Morgan fingerprint density at radius 2 is 2.13 bits per heavy atom. The third kappa shape index (κ3) is 3.59. The smallest absolute Gasteiger partial charge is 0.0621 e. The Hall–Kier alpha value is -0.380. The quantitative estimate of drug-likeness (QED) is 0.713. The van der Waals surface area contributed by atoms with Crippen LogP contribution in [0.5, 0.6) is 0 Å². The van der Waals surface area contributed by atoms with Crippen LogP contribution in [0.25, 0.3) is 0 Å². The van der Waals surface area contributed by atoms with Gasteiger partial charge in [-0.25, -0.2) is 0 Å². The number of hydrogen-bond acceptors (Lipinski definition) is 3. The van der Waals surface area contributed by atoms with Crippen molar-refractivity contribution in [1.29, 1.82) is 0 Å². The van der Waals surface area contributed by atoms with Crippen molar-refractivity contribution in [3.63, 3.8) is 0 Å². The van der Waals surface area contributed by atoms with E-state index >= 15 is 0 Å². The van der Waals surface area contributed by atoms with Crippen molar-refractivity contribution in [2.75, 3.05) is 26.3 Å². The first kappa shape index (κ1) is 12.7. The summed E-state index contributed by atoms with van der Waals surface area (Å²) in [5.41, 5.74) is 6.15. The number of ether oxygens (including phenoxy) is 1. The van der Waals surface area contributed by atoms with E-state index in [-0.39, 0.29) is 11.6 Å². The highest BCUT2D eigenvalue weighted by molar-refractivity contribution is 4.88.